The van der Waals surface area contributed by atoms with Crippen molar-refractivity contribution in [1.82, 2.24) is 4.90 Å². The van der Waals surface area contributed by atoms with Crippen LogP contribution in [0, 0.1) is 0 Å². The highest BCUT2D eigenvalue weighted by atomic mass is 32.2. The first-order chi connectivity index (χ1) is 13.2. The van der Waals surface area contributed by atoms with Crippen LogP contribution in [0.1, 0.15) is 58.2 Å². The van der Waals surface area contributed by atoms with Gasteiger partial charge < -0.3 is 10.2 Å². The average molecular weight is 434 g/mol. The Morgan fingerprint density at radius 1 is 1.14 bits per heavy atom. The van der Waals surface area contributed by atoms with Crippen molar-refractivity contribution in [1.29, 1.82) is 0 Å². The largest absolute Gasteiger partial charge is 0.507 e. The van der Waals surface area contributed by atoms with E-state index in [2.05, 4.69) is 41.5 Å². The third-order valence-corrected chi connectivity index (χ3v) is 5.92. The van der Waals surface area contributed by atoms with Gasteiger partial charge in [0.1, 0.15) is 5.75 Å². The first-order valence-electron chi connectivity index (χ1n) is 9.21. The number of amides is 1. The highest BCUT2D eigenvalue weighted by Gasteiger charge is 2.32. The van der Waals surface area contributed by atoms with Gasteiger partial charge in [0, 0.05) is 11.1 Å². The van der Waals surface area contributed by atoms with E-state index in [0.717, 1.165) is 21.6 Å². The predicted octanol–water partition coefficient (Wildman–Crippen LogP) is 4.83. The summed E-state index contributed by atoms with van der Waals surface area (Å²) in [7, 11) is 0. The second kappa shape index (κ2) is 8.32. The molecule has 1 aliphatic heterocycles. The normalized spacial score (nSPS) is 16.8. The molecule has 0 bridgehead atoms. The number of hydrogen-bond acceptors (Lipinski definition) is 5. The summed E-state index contributed by atoms with van der Waals surface area (Å²) in [6.45, 7) is 12.3. The van der Waals surface area contributed by atoms with E-state index in [4.69, 9.17) is 17.3 Å². The van der Waals surface area contributed by atoms with Crippen LogP contribution in [0.4, 0.5) is 0 Å². The van der Waals surface area contributed by atoms with Gasteiger partial charge in [-0.05, 0) is 34.6 Å². The second-order valence-corrected chi connectivity index (χ2v) is 10.3. The number of phenolic OH excluding ortho intramolecular Hbond substituents is 1. The third-order valence-electron chi connectivity index (χ3n) is 4.52. The molecule has 1 aliphatic rings. The molecule has 0 spiro atoms. The van der Waals surface area contributed by atoms with Crippen molar-refractivity contribution in [3.05, 3.63) is 45.9 Å². The van der Waals surface area contributed by atoms with E-state index in [1.165, 1.54) is 11.8 Å². The number of hydrogen-bond donors (Lipinski definition) is 2. The van der Waals surface area contributed by atoms with Gasteiger partial charge in [0.2, 0.25) is 0 Å². The summed E-state index contributed by atoms with van der Waals surface area (Å²) in [5.74, 6) is -1.16. The molecule has 1 amide bonds. The smallest absolute Gasteiger partial charge is 0.364 e. The molecule has 0 aromatic heterocycles. The SMILES string of the molecule is CC(C)(C)c1cc(C=CC=C2SCN(C(=S)C(=O)O)C2=O)cc(C(C)(C)C)c1O. The van der Waals surface area contributed by atoms with Crippen LogP contribution in [0.3, 0.4) is 0 Å². The Labute approximate surface area is 181 Å². The molecule has 1 heterocycles. The van der Waals surface area contributed by atoms with Crippen LogP contribution in [0.2, 0.25) is 0 Å². The molecular weight excluding hydrogens is 406 g/mol. The molecule has 1 saturated heterocycles. The zero-order valence-electron chi connectivity index (χ0n) is 17.6. The summed E-state index contributed by atoms with van der Waals surface area (Å²) < 4.78 is 0. The lowest BCUT2D eigenvalue weighted by Crippen LogP contribution is -2.35. The van der Waals surface area contributed by atoms with Crippen LogP contribution in [-0.4, -0.2) is 37.9 Å². The lowest BCUT2D eigenvalue weighted by atomic mass is 9.78. The number of aliphatic carboxylic acids is 1. The van der Waals surface area contributed by atoms with E-state index < -0.39 is 16.9 Å². The number of carboxylic acid groups (broad SMARTS) is 1. The molecule has 5 nitrogen and oxygen atoms in total. The Balaban J connectivity index is 2.36. The van der Waals surface area contributed by atoms with Crippen molar-refractivity contribution < 1.29 is 19.8 Å². The molecule has 0 saturated carbocycles. The zero-order chi connectivity index (χ0) is 22.1. The number of benzene rings is 1. The Bertz CT molecular complexity index is 883. The van der Waals surface area contributed by atoms with Crippen LogP contribution < -0.4 is 0 Å². The van der Waals surface area contributed by atoms with Gasteiger partial charge in [0.25, 0.3) is 5.91 Å². The van der Waals surface area contributed by atoms with Crippen LogP contribution >= 0.6 is 24.0 Å². The number of carboxylic acids is 1. The summed E-state index contributed by atoms with van der Waals surface area (Å²) in [5.41, 5.74) is 2.19. The molecule has 29 heavy (non-hydrogen) atoms. The second-order valence-electron chi connectivity index (χ2n) is 8.97. The molecule has 1 aromatic rings. The number of carbonyl (C=O) groups excluding carboxylic acids is 1. The summed E-state index contributed by atoms with van der Waals surface area (Å²) in [6, 6.07) is 3.91. The van der Waals surface area contributed by atoms with Gasteiger partial charge in [-0.15, -0.1) is 0 Å². The average Bonchev–Trinajstić information content (AvgIpc) is 2.94. The fourth-order valence-corrected chi connectivity index (χ4v) is 4.07. The molecule has 2 rings (SSSR count). The minimum Gasteiger partial charge on any atom is -0.507 e. The lowest BCUT2D eigenvalue weighted by molar-refractivity contribution is -0.131. The van der Waals surface area contributed by atoms with Gasteiger partial charge in [0.15, 0.2) is 4.99 Å². The third kappa shape index (κ3) is 5.28. The van der Waals surface area contributed by atoms with Crippen molar-refractivity contribution in [2.45, 2.75) is 52.4 Å². The number of carbonyl (C=O) groups is 2. The molecule has 1 fully saturated rings. The molecular formula is C22H27NO4S2. The Morgan fingerprint density at radius 2 is 1.66 bits per heavy atom. The van der Waals surface area contributed by atoms with Gasteiger partial charge in [-0.2, -0.15) is 0 Å². The van der Waals surface area contributed by atoms with E-state index in [0.29, 0.717) is 10.7 Å². The van der Waals surface area contributed by atoms with E-state index in [9.17, 15) is 14.7 Å². The molecule has 156 valence electrons. The van der Waals surface area contributed by atoms with Crippen molar-refractivity contribution in [2.75, 3.05) is 5.88 Å². The molecule has 0 unspecified atom stereocenters. The van der Waals surface area contributed by atoms with E-state index >= 15 is 0 Å². The van der Waals surface area contributed by atoms with Gasteiger partial charge in [-0.25, -0.2) is 4.79 Å². The van der Waals surface area contributed by atoms with E-state index in [-0.39, 0.29) is 16.7 Å². The Hall–Kier alpha value is -2.12. The van der Waals surface area contributed by atoms with E-state index in [1.807, 2.05) is 18.2 Å². The summed E-state index contributed by atoms with van der Waals surface area (Å²) >= 11 is 6.04. The maximum Gasteiger partial charge on any atom is 0.364 e. The highest BCUT2D eigenvalue weighted by molar-refractivity contribution is 8.04. The Kier molecular flexibility index (Phi) is 6.65. The first-order valence-corrected chi connectivity index (χ1v) is 10.6. The minimum atomic E-state index is -1.28. The maximum absolute atomic E-state index is 12.3. The molecule has 0 radical (unpaired) electrons. The number of nitrogens with zero attached hydrogens (tertiary/aromatic N) is 1. The summed E-state index contributed by atoms with van der Waals surface area (Å²) in [5, 5.41) is 19.8. The van der Waals surface area contributed by atoms with Crippen LogP contribution in [0.25, 0.3) is 6.08 Å². The van der Waals surface area contributed by atoms with Crippen molar-refractivity contribution in [2.24, 2.45) is 0 Å². The fraction of sp³-hybridized carbons (Fsp3) is 0.409. The predicted molar refractivity (Wildman–Crippen MR) is 122 cm³/mol. The van der Waals surface area contributed by atoms with Gasteiger partial charge in [-0.3, -0.25) is 9.69 Å². The molecule has 0 aliphatic carbocycles. The number of allylic oxidation sites excluding steroid dienone is 2. The summed E-state index contributed by atoms with van der Waals surface area (Å²) in [4.78, 5) is 24.5. The number of rotatable bonds is 2. The standard InChI is InChI=1S/C22H27NO4S2/c1-21(2,3)14-10-13(11-15(17(14)24)22(4,5)6)8-7-9-16-18(25)23(12-29-16)19(28)20(26)27/h7-11,24H,12H2,1-6H3,(H,26,27). The zero-order valence-corrected chi connectivity index (χ0v) is 19.2. The van der Waals surface area contributed by atoms with E-state index in [1.54, 1.807) is 12.2 Å². The van der Waals surface area contributed by atoms with Gasteiger partial charge in [0.05, 0.1) is 10.8 Å². The fourth-order valence-electron chi connectivity index (χ4n) is 2.92. The van der Waals surface area contributed by atoms with Crippen LogP contribution in [-0.2, 0) is 20.4 Å². The lowest BCUT2D eigenvalue weighted by Gasteiger charge is -2.27. The maximum atomic E-state index is 12.3. The van der Waals surface area contributed by atoms with Crippen LogP contribution in [0.15, 0.2) is 29.2 Å². The summed E-state index contributed by atoms with van der Waals surface area (Å²) in [6.07, 6.45) is 5.31. The topological polar surface area (TPSA) is 77.8 Å². The number of thioether (sulfide) groups is 1. The van der Waals surface area contributed by atoms with Gasteiger partial charge >= 0.3 is 5.97 Å². The minimum absolute atomic E-state index is 0.200. The van der Waals surface area contributed by atoms with Crippen molar-refractivity contribution in [3.63, 3.8) is 0 Å². The van der Waals surface area contributed by atoms with Crippen LogP contribution in [0.5, 0.6) is 5.75 Å². The van der Waals surface area contributed by atoms with Crippen molar-refractivity contribution in [3.8, 4) is 5.75 Å². The Morgan fingerprint density at radius 3 is 2.10 bits per heavy atom. The molecule has 1 aromatic carbocycles. The van der Waals surface area contributed by atoms with Crippen molar-refractivity contribution >= 4 is 46.9 Å². The number of thiocarbonyl (C=S) groups is 1. The first kappa shape index (κ1) is 23.2. The molecule has 7 heteroatoms. The highest BCUT2D eigenvalue weighted by Crippen LogP contribution is 2.40. The van der Waals surface area contributed by atoms with Gasteiger partial charge in [-0.1, -0.05) is 77.7 Å². The molecule has 2 N–H and O–H groups in total. The monoisotopic (exact) mass is 433 g/mol. The molecule has 0 atom stereocenters. The number of phenols is 1. The quantitative estimate of drug-likeness (QED) is 0.514. The number of aromatic hydroxyl groups is 1.